The Hall–Kier alpha value is -2.91. The summed E-state index contributed by atoms with van der Waals surface area (Å²) in [5, 5.41) is 14.7. The molecule has 1 aromatic heterocycles. The first-order valence-corrected chi connectivity index (χ1v) is 13.7. The predicted octanol–water partition coefficient (Wildman–Crippen LogP) is 3.54. The normalized spacial score (nSPS) is 22.5. The molecule has 9 nitrogen and oxygen atoms in total. The number of nitrogens with one attached hydrogen (secondary N) is 1. The fourth-order valence-electron chi connectivity index (χ4n) is 5.95. The minimum atomic E-state index is -0.700. The van der Waals surface area contributed by atoms with Gasteiger partial charge in [0.2, 0.25) is 0 Å². The van der Waals surface area contributed by atoms with Crippen LogP contribution >= 0.6 is 0 Å². The molecule has 2 N–H and O–H groups in total. The van der Waals surface area contributed by atoms with Crippen LogP contribution in [-0.4, -0.2) is 81.4 Å². The third kappa shape index (κ3) is 6.21. The molecule has 0 unspecified atom stereocenters. The molecule has 9 heteroatoms. The quantitative estimate of drug-likeness (QED) is 0.572. The molecular formula is C29H42N4O5. The smallest absolute Gasteiger partial charge is 0.410 e. The number of aliphatic hydroxyl groups is 1. The first-order chi connectivity index (χ1) is 17.8. The lowest BCUT2D eigenvalue weighted by Crippen LogP contribution is -2.53. The third-order valence-corrected chi connectivity index (χ3v) is 7.54. The van der Waals surface area contributed by atoms with Crippen molar-refractivity contribution in [2.75, 3.05) is 20.1 Å². The number of hydrogen-bond donors (Lipinski definition) is 2. The maximum atomic E-state index is 13.3. The van der Waals surface area contributed by atoms with Crippen LogP contribution in [-0.2, 0) is 4.74 Å². The number of carbonyl (C=O) groups is 2. The molecule has 0 saturated carbocycles. The highest BCUT2D eigenvalue weighted by Crippen LogP contribution is 2.36. The number of hydrogen-bond acceptors (Lipinski definition) is 6. The van der Waals surface area contributed by atoms with Crippen molar-refractivity contribution in [1.29, 1.82) is 0 Å². The highest BCUT2D eigenvalue weighted by molar-refractivity contribution is 5.97. The Bertz CT molecular complexity index is 1220. The molecule has 2 amide bonds. The maximum absolute atomic E-state index is 13.3. The molecule has 3 heterocycles. The van der Waals surface area contributed by atoms with Crippen LogP contribution in [0.5, 0.6) is 0 Å². The minimum Gasteiger partial charge on any atom is -0.444 e. The summed E-state index contributed by atoms with van der Waals surface area (Å²) in [7, 11) is 1.63. The molecule has 0 radical (unpaired) electrons. The van der Waals surface area contributed by atoms with Gasteiger partial charge in [0.05, 0.1) is 18.2 Å². The van der Waals surface area contributed by atoms with Gasteiger partial charge in [-0.05, 0) is 77.8 Å². The van der Waals surface area contributed by atoms with E-state index in [1.807, 2.05) is 58.9 Å². The molecule has 1 aromatic carbocycles. The van der Waals surface area contributed by atoms with Gasteiger partial charge in [-0.3, -0.25) is 14.5 Å². The van der Waals surface area contributed by atoms with Crippen LogP contribution in [0.2, 0.25) is 0 Å². The fourth-order valence-corrected chi connectivity index (χ4v) is 5.95. The van der Waals surface area contributed by atoms with Crippen molar-refractivity contribution < 1.29 is 19.4 Å². The van der Waals surface area contributed by atoms with Crippen molar-refractivity contribution in [2.45, 2.75) is 96.2 Å². The summed E-state index contributed by atoms with van der Waals surface area (Å²) in [6.45, 7) is 9.99. The Labute approximate surface area is 224 Å². The molecule has 4 atom stereocenters. The molecule has 38 heavy (non-hydrogen) atoms. The Morgan fingerprint density at radius 1 is 1.16 bits per heavy atom. The Kier molecular flexibility index (Phi) is 8.18. The lowest BCUT2D eigenvalue weighted by molar-refractivity contribution is 0.00914. The zero-order chi connectivity index (χ0) is 27.8. The lowest BCUT2D eigenvalue weighted by Gasteiger charge is -2.40. The highest BCUT2D eigenvalue weighted by Gasteiger charge is 2.42. The second-order valence-corrected chi connectivity index (χ2v) is 12.1. The number of rotatable bonds is 7. The Balaban J connectivity index is 1.38. The largest absolute Gasteiger partial charge is 0.444 e. The van der Waals surface area contributed by atoms with Crippen LogP contribution in [0.3, 0.4) is 0 Å². The van der Waals surface area contributed by atoms with E-state index < -0.39 is 17.8 Å². The number of nitrogens with zero attached hydrogens (tertiary/aromatic N) is 3. The van der Waals surface area contributed by atoms with E-state index in [2.05, 4.69) is 10.2 Å². The number of pyridine rings is 1. The number of benzene rings is 1. The average molecular weight is 527 g/mol. The second kappa shape index (κ2) is 11.1. The topological polar surface area (TPSA) is 104 Å². The molecule has 2 aliphatic heterocycles. The van der Waals surface area contributed by atoms with Crippen LogP contribution in [0.25, 0.3) is 10.9 Å². The van der Waals surface area contributed by atoms with Crippen LogP contribution in [0.4, 0.5) is 4.79 Å². The van der Waals surface area contributed by atoms with E-state index in [4.69, 9.17) is 4.74 Å². The maximum Gasteiger partial charge on any atom is 0.410 e. The van der Waals surface area contributed by atoms with Gasteiger partial charge in [0.15, 0.2) is 0 Å². The summed E-state index contributed by atoms with van der Waals surface area (Å²) in [6, 6.07) is 9.72. The zero-order valence-electron chi connectivity index (χ0n) is 23.4. The van der Waals surface area contributed by atoms with Gasteiger partial charge in [-0.25, -0.2) is 4.79 Å². The standard InChI is InChI=1S/C29H42N4O5/c1-18(2)33-25-10-8-7-9-19(25)13-24(27(33)36)26(35)30-20-14-21-11-12-22(15-20)32(21)17-23(34)16-31(6)28(37)38-29(3,4)5/h7-10,13,18,20-23,34H,11-12,14-17H2,1-6H3,(H,30,35)/t20-,21-,22+,23-/m0/s1. The summed E-state index contributed by atoms with van der Waals surface area (Å²) < 4.78 is 7.07. The van der Waals surface area contributed by atoms with E-state index >= 15 is 0 Å². The van der Waals surface area contributed by atoms with Gasteiger partial charge < -0.3 is 24.6 Å². The number of aromatic nitrogens is 1. The summed E-state index contributed by atoms with van der Waals surface area (Å²) in [6.07, 6.45) is 2.38. The van der Waals surface area contributed by atoms with Crippen molar-refractivity contribution in [3.8, 4) is 0 Å². The van der Waals surface area contributed by atoms with E-state index in [1.54, 1.807) is 17.7 Å². The molecule has 0 aliphatic carbocycles. The zero-order valence-corrected chi connectivity index (χ0v) is 23.4. The van der Waals surface area contributed by atoms with E-state index in [9.17, 15) is 19.5 Å². The van der Waals surface area contributed by atoms with Crippen LogP contribution in [0.15, 0.2) is 35.1 Å². The highest BCUT2D eigenvalue weighted by atomic mass is 16.6. The van der Waals surface area contributed by atoms with Gasteiger partial charge in [-0.15, -0.1) is 0 Å². The van der Waals surface area contributed by atoms with Crippen LogP contribution in [0.1, 0.15) is 76.7 Å². The first-order valence-electron chi connectivity index (χ1n) is 13.7. The Morgan fingerprint density at radius 3 is 2.39 bits per heavy atom. The Morgan fingerprint density at radius 2 is 1.79 bits per heavy atom. The molecule has 2 aromatic rings. The van der Waals surface area contributed by atoms with Gasteiger partial charge in [0, 0.05) is 37.8 Å². The van der Waals surface area contributed by atoms with E-state index in [0.29, 0.717) is 6.54 Å². The molecule has 2 aliphatic rings. The summed E-state index contributed by atoms with van der Waals surface area (Å²) in [4.78, 5) is 42.6. The summed E-state index contributed by atoms with van der Waals surface area (Å²) in [5.74, 6) is -0.327. The van der Waals surface area contributed by atoms with Crippen molar-refractivity contribution >= 4 is 22.9 Å². The van der Waals surface area contributed by atoms with Gasteiger partial charge in [0.25, 0.3) is 11.5 Å². The minimum absolute atomic E-state index is 0.0313. The second-order valence-electron chi connectivity index (χ2n) is 12.1. The fraction of sp³-hybridized carbons (Fsp3) is 0.621. The predicted molar refractivity (Wildman–Crippen MR) is 147 cm³/mol. The van der Waals surface area contributed by atoms with E-state index in [1.165, 1.54) is 4.90 Å². The van der Waals surface area contributed by atoms with Gasteiger partial charge in [-0.2, -0.15) is 0 Å². The number of carbonyl (C=O) groups excluding carboxylic acids is 2. The molecule has 2 bridgehead atoms. The van der Waals surface area contributed by atoms with E-state index in [0.717, 1.165) is 36.6 Å². The van der Waals surface area contributed by atoms with Crippen LogP contribution < -0.4 is 10.9 Å². The average Bonchev–Trinajstić information content (AvgIpc) is 3.04. The van der Waals surface area contributed by atoms with Gasteiger partial charge in [0.1, 0.15) is 11.2 Å². The first kappa shape index (κ1) is 28.1. The molecule has 4 rings (SSSR count). The lowest BCUT2D eigenvalue weighted by atomic mass is 9.96. The van der Waals surface area contributed by atoms with Crippen molar-refractivity contribution in [2.24, 2.45) is 0 Å². The number of ether oxygens (including phenoxy) is 1. The number of para-hydroxylation sites is 1. The van der Waals surface area contributed by atoms with Crippen molar-refractivity contribution in [3.05, 3.63) is 46.2 Å². The van der Waals surface area contributed by atoms with Crippen LogP contribution in [0, 0.1) is 0 Å². The molecule has 208 valence electrons. The molecule has 0 spiro atoms. The van der Waals surface area contributed by atoms with Gasteiger partial charge >= 0.3 is 6.09 Å². The molecular weight excluding hydrogens is 484 g/mol. The van der Waals surface area contributed by atoms with Crippen molar-refractivity contribution in [3.63, 3.8) is 0 Å². The van der Waals surface area contributed by atoms with Gasteiger partial charge in [-0.1, -0.05) is 18.2 Å². The third-order valence-electron chi connectivity index (χ3n) is 7.54. The number of piperidine rings is 1. The molecule has 2 fully saturated rings. The van der Waals surface area contributed by atoms with E-state index in [-0.39, 0.29) is 47.7 Å². The number of fused-ring (bicyclic) bond motifs is 3. The SMILES string of the molecule is CC(C)n1c(=O)c(C(=O)N[C@@H]2C[C@H]3CC[C@@H](C2)N3C[C@@H](O)CN(C)C(=O)OC(C)(C)C)cc2ccccc21. The molecule has 2 saturated heterocycles. The summed E-state index contributed by atoms with van der Waals surface area (Å²) in [5.41, 5.74) is 0.143. The van der Waals surface area contributed by atoms with Crippen molar-refractivity contribution in [1.82, 2.24) is 19.7 Å². The summed E-state index contributed by atoms with van der Waals surface area (Å²) >= 11 is 0. The number of likely N-dealkylation sites (N-methyl/N-ethyl adjacent to an activating group) is 1. The monoisotopic (exact) mass is 526 g/mol. The number of aliphatic hydroxyl groups excluding tert-OH is 1. The number of amides is 2.